The number of nitrogens with zero attached hydrogens (tertiary/aromatic N) is 1. The molecule has 0 bridgehead atoms. The maximum absolute atomic E-state index is 10.5. The number of phenols is 1. The molecule has 2 aromatic rings. The average molecular weight is 285 g/mol. The maximum atomic E-state index is 10.5. The standard InChI is InChI=1S/C11H9ClN2O3S/c12-9-4-8(1-2-10(9)15)13-5-7-3-11(14(16)17)18-6-7/h1-4,6,13,15H,5H2. The fraction of sp³-hybridized carbons (Fsp3) is 0.0909. The highest BCUT2D eigenvalue weighted by Crippen LogP contribution is 2.27. The Morgan fingerprint density at radius 3 is 2.83 bits per heavy atom. The van der Waals surface area contributed by atoms with Gasteiger partial charge in [-0.15, -0.1) is 0 Å². The Morgan fingerprint density at radius 1 is 1.44 bits per heavy atom. The van der Waals surface area contributed by atoms with Crippen LogP contribution in [0.25, 0.3) is 0 Å². The average Bonchev–Trinajstić information content (AvgIpc) is 2.79. The minimum atomic E-state index is -0.411. The molecule has 0 aliphatic carbocycles. The second kappa shape index (κ2) is 5.24. The highest BCUT2D eigenvalue weighted by molar-refractivity contribution is 7.13. The van der Waals surface area contributed by atoms with Crippen molar-refractivity contribution in [1.29, 1.82) is 0 Å². The Bertz CT molecular complexity index is 585. The molecule has 0 saturated heterocycles. The molecule has 7 heteroatoms. The van der Waals surface area contributed by atoms with Crippen LogP contribution in [0.5, 0.6) is 5.75 Å². The summed E-state index contributed by atoms with van der Waals surface area (Å²) in [7, 11) is 0. The summed E-state index contributed by atoms with van der Waals surface area (Å²) in [4.78, 5) is 10.1. The van der Waals surface area contributed by atoms with Crippen molar-refractivity contribution in [3.8, 4) is 5.75 Å². The highest BCUT2D eigenvalue weighted by atomic mass is 35.5. The molecule has 0 aliphatic heterocycles. The van der Waals surface area contributed by atoms with E-state index in [0.29, 0.717) is 6.54 Å². The van der Waals surface area contributed by atoms with Crippen LogP contribution < -0.4 is 5.32 Å². The summed E-state index contributed by atoms with van der Waals surface area (Å²) < 4.78 is 0. The van der Waals surface area contributed by atoms with Crippen molar-refractivity contribution in [1.82, 2.24) is 0 Å². The second-order valence-electron chi connectivity index (χ2n) is 3.57. The lowest BCUT2D eigenvalue weighted by Crippen LogP contribution is -1.97. The van der Waals surface area contributed by atoms with Crippen LogP contribution in [0, 0.1) is 10.1 Å². The molecule has 0 unspecified atom stereocenters. The van der Waals surface area contributed by atoms with Crippen LogP contribution in [0.3, 0.4) is 0 Å². The van der Waals surface area contributed by atoms with Gasteiger partial charge in [-0.2, -0.15) is 0 Å². The zero-order valence-electron chi connectivity index (χ0n) is 9.09. The zero-order valence-corrected chi connectivity index (χ0v) is 10.7. The third-order valence-corrected chi connectivity index (χ3v) is 3.50. The normalized spacial score (nSPS) is 10.3. The largest absolute Gasteiger partial charge is 0.506 e. The smallest absolute Gasteiger partial charge is 0.324 e. The molecule has 1 aromatic carbocycles. The number of nitro groups is 1. The number of thiophene rings is 1. The van der Waals surface area contributed by atoms with E-state index in [-0.39, 0.29) is 15.8 Å². The number of hydrogen-bond acceptors (Lipinski definition) is 5. The van der Waals surface area contributed by atoms with Gasteiger partial charge in [0, 0.05) is 23.7 Å². The number of anilines is 1. The Hall–Kier alpha value is -1.79. The predicted octanol–water partition coefficient (Wildman–Crippen LogP) is 3.63. The van der Waals surface area contributed by atoms with Crippen LogP contribution >= 0.6 is 22.9 Å². The van der Waals surface area contributed by atoms with E-state index in [4.69, 9.17) is 11.6 Å². The van der Waals surface area contributed by atoms with Gasteiger partial charge in [0.2, 0.25) is 0 Å². The first-order chi connectivity index (χ1) is 8.56. The van der Waals surface area contributed by atoms with Crippen molar-refractivity contribution in [2.45, 2.75) is 6.54 Å². The molecule has 0 saturated carbocycles. The third kappa shape index (κ3) is 2.91. The highest BCUT2D eigenvalue weighted by Gasteiger charge is 2.09. The first-order valence-corrected chi connectivity index (χ1v) is 6.26. The lowest BCUT2D eigenvalue weighted by molar-refractivity contribution is -0.380. The van der Waals surface area contributed by atoms with E-state index < -0.39 is 4.92 Å². The first-order valence-electron chi connectivity index (χ1n) is 5.00. The molecule has 0 atom stereocenters. The Morgan fingerprint density at radius 2 is 2.22 bits per heavy atom. The minimum absolute atomic E-state index is 0.0217. The SMILES string of the molecule is O=[N+]([O-])c1cc(CNc2ccc(O)c(Cl)c2)cs1. The summed E-state index contributed by atoms with van der Waals surface area (Å²) in [6.45, 7) is 0.464. The van der Waals surface area contributed by atoms with Gasteiger partial charge in [0.15, 0.2) is 0 Å². The van der Waals surface area contributed by atoms with Gasteiger partial charge in [0.05, 0.1) is 9.95 Å². The van der Waals surface area contributed by atoms with Gasteiger partial charge in [-0.25, -0.2) is 0 Å². The number of phenolic OH excluding ortho intramolecular Hbond substituents is 1. The van der Waals surface area contributed by atoms with Gasteiger partial charge in [-0.3, -0.25) is 10.1 Å². The van der Waals surface area contributed by atoms with E-state index in [9.17, 15) is 15.2 Å². The van der Waals surface area contributed by atoms with E-state index >= 15 is 0 Å². The number of rotatable bonds is 4. The molecule has 0 aliphatic rings. The lowest BCUT2D eigenvalue weighted by atomic mass is 10.2. The van der Waals surface area contributed by atoms with Crippen LogP contribution in [0.1, 0.15) is 5.56 Å². The zero-order chi connectivity index (χ0) is 13.1. The van der Waals surface area contributed by atoms with Gasteiger partial charge in [-0.05, 0) is 23.8 Å². The van der Waals surface area contributed by atoms with Gasteiger partial charge in [-0.1, -0.05) is 22.9 Å². The molecule has 1 heterocycles. The number of halogens is 1. The van der Waals surface area contributed by atoms with Gasteiger partial charge in [0.1, 0.15) is 5.75 Å². The first kappa shape index (κ1) is 12.7. The van der Waals surface area contributed by atoms with Crippen molar-refractivity contribution in [3.63, 3.8) is 0 Å². The number of hydrogen-bond donors (Lipinski definition) is 2. The molecule has 0 fully saturated rings. The molecule has 2 N–H and O–H groups in total. The molecule has 2 rings (SSSR count). The summed E-state index contributed by atoms with van der Waals surface area (Å²) >= 11 is 6.86. The molecular weight excluding hydrogens is 276 g/mol. The predicted molar refractivity (Wildman–Crippen MR) is 71.4 cm³/mol. The lowest BCUT2D eigenvalue weighted by Gasteiger charge is -2.05. The monoisotopic (exact) mass is 284 g/mol. The van der Waals surface area contributed by atoms with Crippen molar-refractivity contribution < 1.29 is 10.0 Å². The number of benzene rings is 1. The summed E-state index contributed by atoms with van der Waals surface area (Å²) in [6, 6.07) is 6.29. The van der Waals surface area contributed by atoms with Crippen molar-refractivity contribution in [2.24, 2.45) is 0 Å². The van der Waals surface area contributed by atoms with Gasteiger partial charge in [0.25, 0.3) is 0 Å². The van der Waals surface area contributed by atoms with E-state index in [1.165, 1.54) is 12.1 Å². The molecule has 0 radical (unpaired) electrons. The molecule has 94 valence electrons. The molecule has 0 amide bonds. The van der Waals surface area contributed by atoms with Gasteiger partial charge >= 0.3 is 5.00 Å². The maximum Gasteiger partial charge on any atom is 0.324 e. The number of nitrogens with one attached hydrogen (secondary N) is 1. The fourth-order valence-corrected chi connectivity index (χ4v) is 2.28. The van der Waals surface area contributed by atoms with E-state index in [1.807, 2.05) is 0 Å². The van der Waals surface area contributed by atoms with Crippen LogP contribution in [0.4, 0.5) is 10.7 Å². The summed E-state index contributed by atoms with van der Waals surface area (Å²) in [5.74, 6) is 0.0217. The number of aromatic hydroxyl groups is 1. The third-order valence-electron chi connectivity index (χ3n) is 2.26. The topological polar surface area (TPSA) is 75.4 Å². The summed E-state index contributed by atoms with van der Waals surface area (Å²) in [6.07, 6.45) is 0. The van der Waals surface area contributed by atoms with E-state index in [1.54, 1.807) is 17.5 Å². The summed E-state index contributed by atoms with van der Waals surface area (Å²) in [5.41, 5.74) is 1.57. The van der Waals surface area contributed by atoms with E-state index in [0.717, 1.165) is 22.6 Å². The van der Waals surface area contributed by atoms with Crippen LogP contribution in [0.2, 0.25) is 5.02 Å². The second-order valence-corrected chi connectivity index (χ2v) is 4.87. The Kier molecular flexibility index (Phi) is 3.69. The van der Waals surface area contributed by atoms with Crippen molar-refractivity contribution >= 4 is 33.6 Å². The fourth-order valence-electron chi connectivity index (χ4n) is 1.37. The molecule has 5 nitrogen and oxygen atoms in total. The summed E-state index contributed by atoms with van der Waals surface area (Å²) in [5, 5.41) is 25.0. The Labute approximate surface area is 112 Å². The van der Waals surface area contributed by atoms with Crippen molar-refractivity contribution in [3.05, 3.63) is 50.3 Å². The van der Waals surface area contributed by atoms with Crippen LogP contribution in [0.15, 0.2) is 29.6 Å². The molecule has 18 heavy (non-hydrogen) atoms. The van der Waals surface area contributed by atoms with Gasteiger partial charge < -0.3 is 10.4 Å². The van der Waals surface area contributed by atoms with Crippen LogP contribution in [-0.2, 0) is 6.54 Å². The minimum Gasteiger partial charge on any atom is -0.506 e. The van der Waals surface area contributed by atoms with Crippen LogP contribution in [-0.4, -0.2) is 10.0 Å². The van der Waals surface area contributed by atoms with Crippen molar-refractivity contribution in [2.75, 3.05) is 5.32 Å². The van der Waals surface area contributed by atoms with E-state index in [2.05, 4.69) is 5.32 Å². The molecular formula is C11H9ClN2O3S. The Balaban J connectivity index is 2.02. The molecule has 1 aromatic heterocycles. The molecule has 0 spiro atoms. The quantitative estimate of drug-likeness (QED) is 0.511.